The summed E-state index contributed by atoms with van der Waals surface area (Å²) < 4.78 is 27.1. The number of rotatable bonds is 3. The van der Waals surface area contributed by atoms with Gasteiger partial charge in [0.05, 0.1) is 0 Å². The van der Waals surface area contributed by atoms with Crippen LogP contribution in [0.2, 0.25) is 0 Å². The molecule has 0 fully saturated rings. The smallest absolute Gasteiger partial charge is 1.00 e. The molecule has 1 atom stereocenters. The quantitative estimate of drug-likeness (QED) is 0.368. The predicted molar refractivity (Wildman–Crippen MR) is 31.1 cm³/mol. The molecular weight excluding hydrogens is 260 g/mol. The number of phosphoric acid groups is 2. The molecule has 0 amide bonds. The summed E-state index contributed by atoms with van der Waals surface area (Å²) >= 11 is 0. The van der Waals surface area contributed by atoms with Crippen LogP contribution in [0.25, 0.3) is 0 Å². The van der Waals surface area contributed by atoms with Crippen molar-refractivity contribution in [2.75, 3.05) is 7.11 Å². The Hall–Kier alpha value is 1.84. The fraction of sp³-hybridized carbons (Fsp3) is 1.00. The molecule has 0 aliphatic rings. The van der Waals surface area contributed by atoms with Crippen LogP contribution in [0.15, 0.2) is 0 Å². The van der Waals surface area contributed by atoms with E-state index in [1.165, 1.54) is 0 Å². The average molecular weight is 267 g/mol. The molecule has 0 heterocycles. The van der Waals surface area contributed by atoms with Crippen molar-refractivity contribution >= 4 is 15.6 Å². The first-order chi connectivity index (χ1) is 4.27. The molecule has 0 aromatic heterocycles. The van der Waals surface area contributed by atoms with E-state index < -0.39 is 15.6 Å². The summed E-state index contributed by atoms with van der Waals surface area (Å²) in [6, 6.07) is 0. The minimum absolute atomic E-state index is 0. The molecule has 3 N–H and O–H groups in total. The van der Waals surface area contributed by atoms with Gasteiger partial charge >= 0.3 is 45.2 Å². The van der Waals surface area contributed by atoms with Crippen LogP contribution >= 0.6 is 15.6 Å². The number of hydrogen-bond donors (Lipinski definition) is 3. The van der Waals surface area contributed by atoms with E-state index in [-0.39, 0.29) is 49.5 Å². The SMILES string of the molecule is COP(=O)(O)OP(=O)(O)O.[H-].[Na+].[V]. The summed E-state index contributed by atoms with van der Waals surface area (Å²) in [4.78, 5) is 24.2. The van der Waals surface area contributed by atoms with E-state index in [9.17, 15) is 9.13 Å². The van der Waals surface area contributed by atoms with Crippen molar-refractivity contribution in [2.24, 2.45) is 0 Å². The fourth-order valence-corrected chi connectivity index (χ4v) is 1.51. The first-order valence-corrected chi connectivity index (χ1v) is 4.95. The molecule has 1 unspecified atom stereocenters. The zero-order valence-corrected chi connectivity index (χ0v) is 11.5. The fourth-order valence-electron chi connectivity index (χ4n) is 0.168. The largest absolute Gasteiger partial charge is 1.00 e. The van der Waals surface area contributed by atoms with Gasteiger partial charge in [-0.1, -0.05) is 0 Å². The molecule has 0 aromatic rings. The Morgan fingerprint density at radius 3 is 1.67 bits per heavy atom. The molecule has 11 heteroatoms. The second-order valence-electron chi connectivity index (χ2n) is 1.22. The van der Waals surface area contributed by atoms with Gasteiger partial charge in [0.1, 0.15) is 0 Å². The summed E-state index contributed by atoms with van der Waals surface area (Å²) in [5.74, 6) is 0. The third-order valence-electron chi connectivity index (χ3n) is 0.440. The van der Waals surface area contributed by atoms with E-state index in [0.29, 0.717) is 0 Å². The second kappa shape index (κ2) is 7.18. The van der Waals surface area contributed by atoms with Crippen LogP contribution in [0, 0.1) is 0 Å². The monoisotopic (exact) mass is 267 g/mol. The normalized spacial score (nSPS) is 15.3. The third kappa shape index (κ3) is 11.8. The molecule has 0 spiro atoms. The first-order valence-electron chi connectivity index (χ1n) is 1.92. The van der Waals surface area contributed by atoms with Crippen molar-refractivity contribution in [3.63, 3.8) is 0 Å². The van der Waals surface area contributed by atoms with Crippen LogP contribution in [0.4, 0.5) is 0 Å². The van der Waals surface area contributed by atoms with Gasteiger partial charge in [-0.2, -0.15) is 4.31 Å². The Balaban J connectivity index is -0.000000135. The van der Waals surface area contributed by atoms with Gasteiger partial charge in [-0.15, -0.1) is 0 Å². The molecule has 0 rings (SSSR count). The summed E-state index contributed by atoms with van der Waals surface area (Å²) in [6.45, 7) is 0. The van der Waals surface area contributed by atoms with Crippen molar-refractivity contribution in [1.29, 1.82) is 0 Å². The summed E-state index contributed by atoms with van der Waals surface area (Å²) in [5, 5.41) is 0. The van der Waals surface area contributed by atoms with Gasteiger partial charge in [0, 0.05) is 25.7 Å². The summed E-state index contributed by atoms with van der Waals surface area (Å²) in [6.07, 6.45) is 0. The minimum Gasteiger partial charge on any atom is -1.00 e. The van der Waals surface area contributed by atoms with E-state index >= 15 is 0 Å². The van der Waals surface area contributed by atoms with Crippen molar-refractivity contribution < 1.29 is 82.2 Å². The van der Waals surface area contributed by atoms with Crippen molar-refractivity contribution in [2.45, 2.75) is 0 Å². The van der Waals surface area contributed by atoms with Crippen LogP contribution in [0.3, 0.4) is 0 Å². The van der Waals surface area contributed by atoms with E-state index in [1.54, 1.807) is 0 Å². The van der Waals surface area contributed by atoms with Crippen LogP contribution in [0.5, 0.6) is 0 Å². The van der Waals surface area contributed by atoms with Crippen molar-refractivity contribution in [1.82, 2.24) is 0 Å². The van der Waals surface area contributed by atoms with Crippen molar-refractivity contribution in [3.05, 3.63) is 0 Å². The molecule has 0 saturated carbocycles. The number of phosphoric ester groups is 1. The van der Waals surface area contributed by atoms with Gasteiger partial charge in [-0.05, 0) is 0 Å². The van der Waals surface area contributed by atoms with Gasteiger partial charge < -0.3 is 16.1 Å². The van der Waals surface area contributed by atoms with E-state index in [4.69, 9.17) is 14.7 Å². The third-order valence-corrected chi connectivity index (χ3v) is 2.58. The summed E-state index contributed by atoms with van der Waals surface area (Å²) in [7, 11) is -8.71. The minimum atomic E-state index is -4.94. The second-order valence-corrected chi connectivity index (χ2v) is 4.16. The zero-order chi connectivity index (χ0) is 8.41. The maximum Gasteiger partial charge on any atom is 1.00 e. The Morgan fingerprint density at radius 2 is 1.58 bits per heavy atom. The van der Waals surface area contributed by atoms with E-state index in [2.05, 4.69) is 8.83 Å². The topological polar surface area (TPSA) is 113 Å². The standard InChI is InChI=1S/CH6O7P2.Na.V.H/c1-7-10(5,6)8-9(2,3)4;;;/h1H3,(H,5,6)(H2,2,3,4);;;/q;+1;;-1. The van der Waals surface area contributed by atoms with Crippen LogP contribution in [-0.4, -0.2) is 21.8 Å². The maximum atomic E-state index is 10.2. The van der Waals surface area contributed by atoms with Gasteiger partial charge in [0.25, 0.3) is 0 Å². The maximum absolute atomic E-state index is 10.2. The van der Waals surface area contributed by atoms with Crippen LogP contribution in [-0.2, 0) is 36.5 Å². The Bertz CT molecular complexity index is 205. The van der Waals surface area contributed by atoms with Gasteiger partial charge in [-0.25, -0.2) is 9.13 Å². The molecule has 0 aromatic carbocycles. The Labute approximate surface area is 104 Å². The predicted octanol–water partition coefficient (Wildman–Crippen LogP) is -3.04. The van der Waals surface area contributed by atoms with E-state index in [0.717, 1.165) is 7.11 Å². The molecular formula is CH7NaO7P2V. The molecule has 1 radical (unpaired) electrons. The van der Waals surface area contributed by atoms with Crippen LogP contribution < -0.4 is 29.6 Å². The van der Waals surface area contributed by atoms with Crippen LogP contribution in [0.1, 0.15) is 1.43 Å². The number of hydrogen-bond acceptors (Lipinski definition) is 4. The molecule has 0 aliphatic carbocycles. The Kier molecular flexibility index (Phi) is 11.6. The molecule has 0 bridgehead atoms. The zero-order valence-electron chi connectivity index (χ0n) is 7.32. The van der Waals surface area contributed by atoms with Gasteiger partial charge in [0.2, 0.25) is 0 Å². The Morgan fingerprint density at radius 1 is 1.25 bits per heavy atom. The van der Waals surface area contributed by atoms with E-state index in [1.807, 2.05) is 0 Å². The van der Waals surface area contributed by atoms with Gasteiger partial charge in [-0.3, -0.25) is 4.52 Å². The molecule has 69 valence electrons. The molecule has 7 nitrogen and oxygen atoms in total. The summed E-state index contributed by atoms with van der Waals surface area (Å²) in [5.41, 5.74) is 0. The molecule has 0 aliphatic heterocycles. The van der Waals surface area contributed by atoms with Crippen molar-refractivity contribution in [3.8, 4) is 0 Å². The molecule has 12 heavy (non-hydrogen) atoms. The van der Waals surface area contributed by atoms with Gasteiger partial charge in [0.15, 0.2) is 0 Å². The first kappa shape index (κ1) is 19.4. The molecule has 0 saturated heterocycles. The average Bonchev–Trinajstić information content (AvgIpc) is 1.60.